The number of amides is 1. The lowest BCUT2D eigenvalue weighted by atomic mass is 10.0. The van der Waals surface area contributed by atoms with E-state index in [4.69, 9.17) is 5.26 Å². The molecule has 1 aliphatic rings. The molecule has 2 unspecified atom stereocenters. The average molecular weight is 472 g/mol. The lowest BCUT2D eigenvalue weighted by Gasteiger charge is -2.22. The lowest BCUT2D eigenvalue weighted by molar-refractivity contribution is -0.00177. The van der Waals surface area contributed by atoms with Crippen molar-refractivity contribution in [3.63, 3.8) is 0 Å². The van der Waals surface area contributed by atoms with E-state index in [0.717, 1.165) is 0 Å². The van der Waals surface area contributed by atoms with Gasteiger partial charge in [0.15, 0.2) is 0 Å². The van der Waals surface area contributed by atoms with Gasteiger partial charge in [0, 0.05) is 25.1 Å². The zero-order valence-electron chi connectivity index (χ0n) is 18.5. The average Bonchev–Trinajstić information content (AvgIpc) is 3.20. The molecule has 34 heavy (non-hydrogen) atoms. The van der Waals surface area contributed by atoms with Crippen molar-refractivity contribution in [3.05, 3.63) is 47.8 Å². The normalized spacial score (nSPS) is 17.7. The minimum absolute atomic E-state index is 0.0508. The van der Waals surface area contributed by atoms with Gasteiger partial charge in [-0.05, 0) is 38.1 Å². The number of aromatic nitrogens is 3. The highest BCUT2D eigenvalue weighted by Crippen LogP contribution is 2.48. The molecule has 0 bridgehead atoms. The fraction of sp³-hybridized carbons (Fsp3) is 0.391. The van der Waals surface area contributed by atoms with Crippen molar-refractivity contribution in [2.45, 2.75) is 38.0 Å². The number of aliphatic hydroxyl groups is 1. The summed E-state index contributed by atoms with van der Waals surface area (Å²) >= 11 is 0. The van der Waals surface area contributed by atoms with Crippen LogP contribution in [-0.4, -0.2) is 56.4 Å². The van der Waals surface area contributed by atoms with Crippen LogP contribution in [0.3, 0.4) is 0 Å². The molecular formula is C23H23F3N6O2. The van der Waals surface area contributed by atoms with Crippen LogP contribution in [-0.2, 0) is 0 Å². The van der Waals surface area contributed by atoms with Crippen LogP contribution >= 0.6 is 0 Å². The van der Waals surface area contributed by atoms with Crippen LogP contribution in [0.15, 0.2) is 36.7 Å². The van der Waals surface area contributed by atoms with Gasteiger partial charge in [-0.2, -0.15) is 10.4 Å². The summed E-state index contributed by atoms with van der Waals surface area (Å²) in [5.74, 6) is -4.24. The van der Waals surface area contributed by atoms with Crippen LogP contribution in [0, 0.1) is 17.2 Å². The molecule has 1 amide bonds. The maximum Gasteiger partial charge on any atom is 0.255 e. The number of hydrogen-bond acceptors (Lipinski definition) is 6. The Morgan fingerprint density at radius 1 is 1.38 bits per heavy atom. The SMILES string of the molecule is CC(C)(O)C(F)CNC(=O)c1cnc(-c2ccc3cc(C#N)cnn23)cc1NCC1CC1(F)F. The molecule has 0 saturated heterocycles. The molecule has 0 radical (unpaired) electrons. The number of anilines is 1. The van der Waals surface area contributed by atoms with E-state index in [2.05, 4.69) is 20.7 Å². The van der Waals surface area contributed by atoms with Crippen LogP contribution < -0.4 is 10.6 Å². The highest BCUT2D eigenvalue weighted by atomic mass is 19.3. The van der Waals surface area contributed by atoms with Crippen molar-refractivity contribution in [2.24, 2.45) is 5.92 Å². The maximum absolute atomic E-state index is 14.1. The monoisotopic (exact) mass is 472 g/mol. The highest BCUT2D eigenvalue weighted by Gasteiger charge is 2.56. The van der Waals surface area contributed by atoms with Gasteiger partial charge in [-0.3, -0.25) is 9.78 Å². The third kappa shape index (κ3) is 4.82. The standard InChI is InChI=1S/C23H23F3N6O2/c1-22(2,34)20(24)12-30-21(33)16-11-29-18(6-17(16)28-10-14-7-23(14,25)26)19-4-3-15-5-13(8-27)9-31-32(15)19/h3-6,9,11,14,20,34H,7,10,12H2,1-2H3,(H,28,29)(H,30,33). The van der Waals surface area contributed by atoms with Crippen LogP contribution in [0.25, 0.3) is 16.9 Å². The molecule has 1 fully saturated rings. The van der Waals surface area contributed by atoms with Crippen LogP contribution in [0.2, 0.25) is 0 Å². The summed E-state index contributed by atoms with van der Waals surface area (Å²) in [4.78, 5) is 17.1. The number of carbonyl (C=O) groups excluding carboxylic acids is 1. The first-order chi connectivity index (χ1) is 16.0. The van der Waals surface area contributed by atoms with Crippen molar-refractivity contribution in [3.8, 4) is 17.5 Å². The van der Waals surface area contributed by atoms with Crippen molar-refractivity contribution < 1.29 is 23.1 Å². The minimum Gasteiger partial charge on any atom is -0.387 e. The Kier molecular flexibility index (Phi) is 5.95. The summed E-state index contributed by atoms with van der Waals surface area (Å²) in [6.07, 6.45) is 0.742. The number of nitriles is 1. The van der Waals surface area contributed by atoms with Crippen molar-refractivity contribution in [2.75, 3.05) is 18.4 Å². The van der Waals surface area contributed by atoms with Gasteiger partial charge in [0.1, 0.15) is 12.2 Å². The van der Waals surface area contributed by atoms with E-state index in [-0.39, 0.29) is 24.2 Å². The zero-order valence-corrected chi connectivity index (χ0v) is 18.5. The van der Waals surface area contributed by atoms with E-state index in [1.807, 2.05) is 6.07 Å². The Morgan fingerprint density at radius 3 is 2.76 bits per heavy atom. The second-order valence-electron chi connectivity index (χ2n) is 8.90. The molecule has 3 aromatic rings. The van der Waals surface area contributed by atoms with Crippen molar-refractivity contribution in [1.29, 1.82) is 5.26 Å². The largest absolute Gasteiger partial charge is 0.387 e. The van der Waals surface area contributed by atoms with E-state index < -0.39 is 36.1 Å². The third-order valence-electron chi connectivity index (χ3n) is 5.74. The predicted octanol–water partition coefficient (Wildman–Crippen LogP) is 3.17. The van der Waals surface area contributed by atoms with E-state index in [0.29, 0.717) is 22.5 Å². The summed E-state index contributed by atoms with van der Waals surface area (Å²) in [7, 11) is 0. The van der Waals surface area contributed by atoms with E-state index in [1.165, 1.54) is 26.2 Å². The molecule has 4 rings (SSSR count). The highest BCUT2D eigenvalue weighted by molar-refractivity contribution is 6.00. The maximum atomic E-state index is 14.1. The van der Waals surface area contributed by atoms with Gasteiger partial charge in [0.2, 0.25) is 0 Å². The number of halogens is 3. The van der Waals surface area contributed by atoms with Gasteiger partial charge in [-0.25, -0.2) is 17.7 Å². The van der Waals surface area contributed by atoms with Crippen LogP contribution in [0.5, 0.6) is 0 Å². The molecule has 0 aliphatic heterocycles. The molecule has 1 aliphatic carbocycles. The third-order valence-corrected chi connectivity index (χ3v) is 5.74. The molecule has 1 saturated carbocycles. The summed E-state index contributed by atoms with van der Waals surface area (Å²) in [5.41, 5.74) is 0.703. The van der Waals surface area contributed by atoms with E-state index in [9.17, 15) is 23.1 Å². The van der Waals surface area contributed by atoms with E-state index >= 15 is 0 Å². The second kappa shape index (κ2) is 8.61. The second-order valence-corrected chi connectivity index (χ2v) is 8.90. The molecule has 3 heterocycles. The zero-order chi connectivity index (χ0) is 24.7. The molecule has 178 valence electrons. The summed E-state index contributed by atoms with van der Waals surface area (Å²) in [6, 6.07) is 8.70. The Hall–Kier alpha value is -3.65. The number of carbonyl (C=O) groups is 1. The Morgan fingerprint density at radius 2 is 2.12 bits per heavy atom. The van der Waals surface area contributed by atoms with Gasteiger partial charge in [0.05, 0.1) is 52.1 Å². The molecule has 3 aromatic heterocycles. The molecule has 2 atom stereocenters. The fourth-order valence-corrected chi connectivity index (χ4v) is 3.43. The van der Waals surface area contributed by atoms with Gasteiger partial charge in [-0.15, -0.1) is 0 Å². The first kappa shape index (κ1) is 23.5. The molecule has 11 heteroatoms. The molecule has 3 N–H and O–H groups in total. The quantitative estimate of drug-likeness (QED) is 0.464. The topological polar surface area (TPSA) is 115 Å². The number of alkyl halides is 3. The number of hydrogen-bond donors (Lipinski definition) is 3. The van der Waals surface area contributed by atoms with Gasteiger partial charge < -0.3 is 15.7 Å². The molecular weight excluding hydrogens is 449 g/mol. The Bertz CT molecular complexity index is 1280. The number of nitrogens with zero attached hydrogens (tertiary/aromatic N) is 4. The first-order valence-electron chi connectivity index (χ1n) is 10.6. The Labute approximate surface area is 193 Å². The number of rotatable bonds is 8. The number of fused-ring (bicyclic) bond motifs is 1. The first-order valence-corrected chi connectivity index (χ1v) is 10.6. The summed E-state index contributed by atoms with van der Waals surface area (Å²) in [6.45, 7) is 2.10. The molecule has 0 aromatic carbocycles. The summed E-state index contributed by atoms with van der Waals surface area (Å²) in [5, 5.41) is 28.4. The van der Waals surface area contributed by atoms with Gasteiger partial charge >= 0.3 is 0 Å². The summed E-state index contributed by atoms with van der Waals surface area (Å²) < 4.78 is 42.4. The smallest absolute Gasteiger partial charge is 0.255 e. The van der Waals surface area contributed by atoms with Gasteiger partial charge in [-0.1, -0.05) is 0 Å². The van der Waals surface area contributed by atoms with Crippen molar-refractivity contribution in [1.82, 2.24) is 19.9 Å². The number of nitrogens with one attached hydrogen (secondary N) is 2. The van der Waals surface area contributed by atoms with Gasteiger partial charge in [0.25, 0.3) is 11.8 Å². The van der Waals surface area contributed by atoms with Crippen LogP contribution in [0.4, 0.5) is 18.9 Å². The number of pyridine rings is 1. The minimum atomic E-state index is -2.74. The molecule has 0 spiro atoms. The lowest BCUT2D eigenvalue weighted by Crippen LogP contribution is -2.42. The Balaban J connectivity index is 1.63. The van der Waals surface area contributed by atoms with Crippen molar-refractivity contribution >= 4 is 17.1 Å². The predicted molar refractivity (Wildman–Crippen MR) is 118 cm³/mol. The molecule has 8 nitrogen and oxygen atoms in total. The van der Waals surface area contributed by atoms with E-state index in [1.54, 1.807) is 28.8 Å². The fourth-order valence-electron chi connectivity index (χ4n) is 3.43. The van der Waals surface area contributed by atoms with Crippen LogP contribution in [0.1, 0.15) is 36.2 Å².